The SMILES string of the molecule is Cn1cc(CC2CCN(c3cnn(-c4ccc(F)cc4F)c(=O)c3Cl)C2)cn1. The van der Waals surface area contributed by atoms with Crippen LogP contribution in [0.15, 0.2) is 41.6 Å². The van der Waals surface area contributed by atoms with Crippen molar-refractivity contribution >= 4 is 17.3 Å². The van der Waals surface area contributed by atoms with Crippen LogP contribution in [-0.2, 0) is 13.5 Å². The predicted octanol–water partition coefficient (Wildman–Crippen LogP) is 2.97. The van der Waals surface area contributed by atoms with Gasteiger partial charge in [0.2, 0.25) is 0 Å². The molecule has 0 N–H and O–H groups in total. The smallest absolute Gasteiger partial charge is 0.292 e. The minimum Gasteiger partial charge on any atom is -0.369 e. The first-order valence-corrected chi connectivity index (χ1v) is 9.26. The molecule has 1 aliphatic heterocycles. The average molecular weight is 406 g/mol. The number of anilines is 1. The van der Waals surface area contributed by atoms with Crippen molar-refractivity contribution in [3.63, 3.8) is 0 Å². The van der Waals surface area contributed by atoms with E-state index in [1.807, 2.05) is 24.3 Å². The van der Waals surface area contributed by atoms with E-state index < -0.39 is 17.2 Å². The molecule has 1 unspecified atom stereocenters. The third kappa shape index (κ3) is 3.52. The summed E-state index contributed by atoms with van der Waals surface area (Å²) in [4.78, 5) is 14.6. The van der Waals surface area contributed by atoms with Crippen LogP contribution >= 0.6 is 11.6 Å². The van der Waals surface area contributed by atoms with E-state index in [0.29, 0.717) is 17.7 Å². The zero-order chi connectivity index (χ0) is 19.8. The summed E-state index contributed by atoms with van der Waals surface area (Å²) in [7, 11) is 1.88. The summed E-state index contributed by atoms with van der Waals surface area (Å²) in [6, 6.07) is 2.93. The van der Waals surface area contributed by atoms with E-state index in [-0.39, 0.29) is 10.7 Å². The second-order valence-corrected chi connectivity index (χ2v) is 7.36. The van der Waals surface area contributed by atoms with E-state index in [9.17, 15) is 13.6 Å². The molecule has 3 heterocycles. The first-order chi connectivity index (χ1) is 13.4. The van der Waals surface area contributed by atoms with Crippen LogP contribution in [0.1, 0.15) is 12.0 Å². The highest BCUT2D eigenvalue weighted by molar-refractivity contribution is 6.33. The first kappa shape index (κ1) is 18.6. The number of hydrogen-bond donors (Lipinski definition) is 0. The van der Waals surface area contributed by atoms with Crippen molar-refractivity contribution in [2.24, 2.45) is 13.0 Å². The van der Waals surface area contributed by atoms with Crippen molar-refractivity contribution in [1.29, 1.82) is 0 Å². The number of rotatable bonds is 4. The summed E-state index contributed by atoms with van der Waals surface area (Å²) < 4.78 is 29.8. The predicted molar refractivity (Wildman–Crippen MR) is 102 cm³/mol. The van der Waals surface area contributed by atoms with Crippen molar-refractivity contribution in [3.8, 4) is 5.69 Å². The summed E-state index contributed by atoms with van der Waals surface area (Å²) in [6.45, 7) is 1.49. The van der Waals surface area contributed by atoms with Gasteiger partial charge in [-0.1, -0.05) is 11.6 Å². The molecule has 28 heavy (non-hydrogen) atoms. The summed E-state index contributed by atoms with van der Waals surface area (Å²) in [5.41, 5.74) is 0.913. The Kier molecular flexibility index (Phi) is 4.89. The lowest BCUT2D eigenvalue weighted by molar-refractivity contribution is 0.570. The minimum absolute atomic E-state index is 0.0271. The molecule has 1 saturated heterocycles. The largest absolute Gasteiger partial charge is 0.369 e. The zero-order valence-corrected chi connectivity index (χ0v) is 15.9. The fraction of sp³-hybridized carbons (Fsp3) is 0.316. The maximum Gasteiger partial charge on any atom is 0.292 e. The lowest BCUT2D eigenvalue weighted by atomic mass is 10.0. The Balaban J connectivity index is 1.56. The van der Waals surface area contributed by atoms with E-state index in [4.69, 9.17) is 11.6 Å². The second-order valence-electron chi connectivity index (χ2n) is 6.98. The van der Waals surface area contributed by atoms with Gasteiger partial charge in [-0.05, 0) is 36.5 Å². The number of benzene rings is 1. The monoisotopic (exact) mass is 405 g/mol. The average Bonchev–Trinajstić information content (AvgIpc) is 3.27. The van der Waals surface area contributed by atoms with Gasteiger partial charge in [-0.3, -0.25) is 9.48 Å². The summed E-state index contributed by atoms with van der Waals surface area (Å²) in [5, 5.41) is 8.22. The number of halogens is 3. The number of nitrogens with zero attached hydrogens (tertiary/aromatic N) is 5. The molecule has 1 aromatic carbocycles. The molecule has 1 fully saturated rings. The van der Waals surface area contributed by atoms with Gasteiger partial charge in [-0.15, -0.1) is 0 Å². The Morgan fingerprint density at radius 2 is 2.04 bits per heavy atom. The molecule has 146 valence electrons. The van der Waals surface area contributed by atoms with E-state index >= 15 is 0 Å². The van der Waals surface area contributed by atoms with Crippen molar-refractivity contribution in [1.82, 2.24) is 19.6 Å². The Morgan fingerprint density at radius 1 is 1.21 bits per heavy atom. The lowest BCUT2D eigenvalue weighted by Gasteiger charge is -2.20. The molecule has 0 bridgehead atoms. The molecule has 0 saturated carbocycles. The fourth-order valence-corrected chi connectivity index (χ4v) is 3.85. The van der Waals surface area contributed by atoms with Gasteiger partial charge in [0.05, 0.1) is 18.1 Å². The molecule has 1 aliphatic rings. The third-order valence-corrected chi connectivity index (χ3v) is 5.30. The van der Waals surface area contributed by atoms with E-state index in [0.717, 1.165) is 42.7 Å². The van der Waals surface area contributed by atoms with Crippen molar-refractivity contribution in [2.75, 3.05) is 18.0 Å². The molecule has 0 amide bonds. The maximum absolute atomic E-state index is 14.0. The second kappa shape index (κ2) is 7.35. The molecule has 2 aromatic heterocycles. The Hall–Kier alpha value is -2.74. The van der Waals surface area contributed by atoms with Gasteiger partial charge in [-0.2, -0.15) is 14.9 Å². The van der Waals surface area contributed by atoms with Crippen LogP contribution in [0.5, 0.6) is 0 Å². The Labute approximate surface area is 165 Å². The van der Waals surface area contributed by atoms with Gasteiger partial charge < -0.3 is 4.90 Å². The molecule has 3 aromatic rings. The summed E-state index contributed by atoms with van der Waals surface area (Å²) in [6.07, 6.45) is 7.17. The topological polar surface area (TPSA) is 56.0 Å². The van der Waals surface area contributed by atoms with Gasteiger partial charge in [0.25, 0.3) is 5.56 Å². The Morgan fingerprint density at radius 3 is 2.75 bits per heavy atom. The van der Waals surface area contributed by atoms with Gasteiger partial charge >= 0.3 is 0 Å². The van der Waals surface area contributed by atoms with E-state index in [1.165, 1.54) is 11.8 Å². The van der Waals surface area contributed by atoms with Gasteiger partial charge in [-0.25, -0.2) is 8.78 Å². The van der Waals surface area contributed by atoms with Crippen LogP contribution in [0.2, 0.25) is 5.02 Å². The molecule has 9 heteroatoms. The molecule has 0 radical (unpaired) electrons. The van der Waals surface area contributed by atoms with Crippen molar-refractivity contribution in [3.05, 3.63) is 69.4 Å². The van der Waals surface area contributed by atoms with Gasteiger partial charge in [0.15, 0.2) is 5.82 Å². The number of aryl methyl sites for hydroxylation is 1. The van der Waals surface area contributed by atoms with E-state index in [1.54, 1.807) is 4.68 Å². The molecular formula is C19H18ClF2N5O. The minimum atomic E-state index is -0.879. The summed E-state index contributed by atoms with van der Waals surface area (Å²) >= 11 is 6.30. The van der Waals surface area contributed by atoms with Gasteiger partial charge in [0.1, 0.15) is 16.5 Å². The van der Waals surface area contributed by atoms with Crippen molar-refractivity contribution in [2.45, 2.75) is 12.8 Å². The molecular weight excluding hydrogens is 388 g/mol. The normalized spacial score (nSPS) is 16.7. The van der Waals surface area contributed by atoms with Crippen LogP contribution in [0.4, 0.5) is 14.5 Å². The van der Waals surface area contributed by atoms with E-state index in [2.05, 4.69) is 10.2 Å². The molecule has 6 nitrogen and oxygen atoms in total. The molecule has 0 spiro atoms. The lowest BCUT2D eigenvalue weighted by Crippen LogP contribution is -2.28. The summed E-state index contributed by atoms with van der Waals surface area (Å²) in [5.74, 6) is -1.19. The van der Waals surface area contributed by atoms with Crippen molar-refractivity contribution < 1.29 is 8.78 Å². The molecule has 1 atom stereocenters. The Bertz CT molecular complexity index is 1080. The fourth-order valence-electron chi connectivity index (χ4n) is 3.60. The van der Waals surface area contributed by atoms with Crippen LogP contribution in [0, 0.1) is 17.6 Å². The molecule has 4 rings (SSSR count). The zero-order valence-electron chi connectivity index (χ0n) is 15.1. The standard InChI is InChI=1S/C19H18ClF2N5O/c1-25-10-13(8-23-25)6-12-4-5-26(11-12)17-9-24-27(19(28)18(17)20)16-3-2-14(21)7-15(16)22/h2-3,7-10,12H,4-6,11H2,1H3. The quantitative estimate of drug-likeness (QED) is 0.669. The highest BCUT2D eigenvalue weighted by Crippen LogP contribution is 2.29. The number of hydrogen-bond acceptors (Lipinski definition) is 4. The third-order valence-electron chi connectivity index (χ3n) is 4.95. The highest BCUT2D eigenvalue weighted by Gasteiger charge is 2.26. The van der Waals surface area contributed by atoms with Gasteiger partial charge in [0, 0.05) is 32.4 Å². The van der Waals surface area contributed by atoms with Crippen LogP contribution in [0.25, 0.3) is 5.69 Å². The maximum atomic E-state index is 14.0. The molecule has 0 aliphatic carbocycles. The van der Waals surface area contributed by atoms with Crippen LogP contribution in [0.3, 0.4) is 0 Å². The van der Waals surface area contributed by atoms with Crippen LogP contribution in [-0.4, -0.2) is 32.7 Å². The van der Waals surface area contributed by atoms with Crippen LogP contribution < -0.4 is 10.5 Å². The first-order valence-electron chi connectivity index (χ1n) is 8.88. The highest BCUT2D eigenvalue weighted by atomic mass is 35.5. The number of aromatic nitrogens is 4.